The molecule has 0 saturated heterocycles. The fraction of sp³-hybridized carbons (Fsp3) is 0.471. The Bertz CT molecular complexity index is 755. The first-order chi connectivity index (χ1) is 11.0. The third kappa shape index (κ3) is 3.48. The van der Waals surface area contributed by atoms with Gasteiger partial charge in [-0.25, -0.2) is 13.4 Å². The summed E-state index contributed by atoms with van der Waals surface area (Å²) in [7, 11) is -1.61. The Labute approximate surface area is 137 Å². The monoisotopic (exact) mass is 333 g/mol. The van der Waals surface area contributed by atoms with E-state index in [1.807, 2.05) is 30.3 Å². The Balaban J connectivity index is 1.71. The fourth-order valence-corrected chi connectivity index (χ4v) is 5.00. The highest BCUT2D eigenvalue weighted by molar-refractivity contribution is 7.89. The minimum absolute atomic E-state index is 0.244. The summed E-state index contributed by atoms with van der Waals surface area (Å²) in [6, 6.07) is 9.89. The Hall–Kier alpha value is -1.66. The van der Waals surface area contributed by atoms with Crippen LogP contribution in [-0.4, -0.2) is 35.0 Å². The molecule has 5 nitrogen and oxygen atoms in total. The Kier molecular flexibility index (Phi) is 4.55. The highest BCUT2D eigenvalue weighted by atomic mass is 32.2. The fourth-order valence-electron chi connectivity index (χ4n) is 3.19. The molecule has 1 fully saturated rings. The van der Waals surface area contributed by atoms with Crippen molar-refractivity contribution in [3.8, 4) is 11.3 Å². The zero-order valence-corrected chi connectivity index (χ0v) is 14.4. The predicted molar refractivity (Wildman–Crippen MR) is 91.2 cm³/mol. The Morgan fingerprint density at radius 2 is 2.00 bits per heavy atom. The standard InChI is InChI=1S/C17H23N3O2S/c1-13-8-9-15(10-13)23(21,22)20(2)12-17-18-11-16(19-17)14-6-4-3-5-7-14/h3-7,11,13,15H,8-10,12H2,1-2H3,(H,18,19). The van der Waals surface area contributed by atoms with E-state index >= 15 is 0 Å². The number of rotatable bonds is 5. The van der Waals surface area contributed by atoms with Gasteiger partial charge in [-0.05, 0) is 30.7 Å². The number of H-pyrrole nitrogens is 1. The third-order valence-electron chi connectivity index (χ3n) is 4.59. The van der Waals surface area contributed by atoms with Crippen LogP contribution in [0.3, 0.4) is 0 Å². The van der Waals surface area contributed by atoms with Crippen LogP contribution in [0, 0.1) is 5.92 Å². The van der Waals surface area contributed by atoms with Gasteiger partial charge >= 0.3 is 0 Å². The second-order valence-electron chi connectivity index (χ2n) is 6.45. The molecule has 0 spiro atoms. The van der Waals surface area contributed by atoms with Crippen molar-refractivity contribution in [2.45, 2.75) is 38.0 Å². The highest BCUT2D eigenvalue weighted by Crippen LogP contribution is 2.31. The maximum atomic E-state index is 12.6. The summed E-state index contributed by atoms with van der Waals surface area (Å²) in [5.41, 5.74) is 1.95. The maximum absolute atomic E-state index is 12.6. The average molecular weight is 333 g/mol. The molecule has 1 aromatic carbocycles. The second-order valence-corrected chi connectivity index (χ2v) is 8.77. The van der Waals surface area contributed by atoms with Crippen molar-refractivity contribution in [2.75, 3.05) is 7.05 Å². The lowest BCUT2D eigenvalue weighted by molar-refractivity contribution is 0.445. The first kappa shape index (κ1) is 16.2. The van der Waals surface area contributed by atoms with Gasteiger partial charge in [0.05, 0.1) is 23.7 Å². The molecular weight excluding hydrogens is 310 g/mol. The van der Waals surface area contributed by atoms with Gasteiger partial charge in [0.25, 0.3) is 0 Å². The Morgan fingerprint density at radius 1 is 1.26 bits per heavy atom. The Morgan fingerprint density at radius 3 is 2.65 bits per heavy atom. The average Bonchev–Trinajstić information content (AvgIpc) is 3.17. The van der Waals surface area contributed by atoms with Crippen LogP contribution in [0.4, 0.5) is 0 Å². The van der Waals surface area contributed by atoms with Crippen LogP contribution in [0.2, 0.25) is 0 Å². The van der Waals surface area contributed by atoms with Gasteiger partial charge in [0, 0.05) is 7.05 Å². The van der Waals surface area contributed by atoms with Gasteiger partial charge in [-0.1, -0.05) is 37.3 Å². The van der Waals surface area contributed by atoms with Crippen molar-refractivity contribution in [1.82, 2.24) is 14.3 Å². The summed E-state index contributed by atoms with van der Waals surface area (Å²) < 4.78 is 26.7. The molecule has 1 saturated carbocycles. The smallest absolute Gasteiger partial charge is 0.217 e. The molecule has 1 aromatic heterocycles. The van der Waals surface area contributed by atoms with Crippen molar-refractivity contribution < 1.29 is 8.42 Å². The summed E-state index contributed by atoms with van der Waals surface area (Å²) in [6.45, 7) is 2.40. The van der Waals surface area contributed by atoms with Crippen molar-refractivity contribution in [3.63, 3.8) is 0 Å². The number of benzene rings is 1. The number of aromatic amines is 1. The van der Waals surface area contributed by atoms with E-state index < -0.39 is 10.0 Å². The number of nitrogens with one attached hydrogen (secondary N) is 1. The first-order valence-electron chi connectivity index (χ1n) is 8.01. The molecular formula is C17H23N3O2S. The largest absolute Gasteiger partial charge is 0.341 e. The van der Waals surface area contributed by atoms with Crippen LogP contribution in [-0.2, 0) is 16.6 Å². The van der Waals surface area contributed by atoms with Crippen molar-refractivity contribution in [1.29, 1.82) is 0 Å². The van der Waals surface area contributed by atoms with Gasteiger partial charge < -0.3 is 4.98 Å². The lowest BCUT2D eigenvalue weighted by Gasteiger charge is -2.20. The van der Waals surface area contributed by atoms with Crippen molar-refractivity contribution in [2.24, 2.45) is 5.92 Å². The number of nitrogens with zero attached hydrogens (tertiary/aromatic N) is 2. The van der Waals surface area contributed by atoms with Crippen LogP contribution in [0.25, 0.3) is 11.3 Å². The first-order valence-corrected chi connectivity index (χ1v) is 9.51. The van der Waals surface area contributed by atoms with Crippen LogP contribution in [0.15, 0.2) is 36.5 Å². The van der Waals surface area contributed by atoms with Crippen LogP contribution < -0.4 is 0 Å². The number of sulfonamides is 1. The molecule has 0 amide bonds. The van der Waals surface area contributed by atoms with Crippen molar-refractivity contribution >= 4 is 10.0 Å². The molecule has 6 heteroatoms. The van der Waals surface area contributed by atoms with E-state index in [1.54, 1.807) is 13.2 Å². The minimum Gasteiger partial charge on any atom is -0.341 e. The topological polar surface area (TPSA) is 66.1 Å². The number of imidazole rings is 1. The molecule has 1 heterocycles. The number of aromatic nitrogens is 2. The highest BCUT2D eigenvalue weighted by Gasteiger charge is 2.35. The van der Waals surface area contributed by atoms with Gasteiger partial charge in [-0.2, -0.15) is 4.31 Å². The summed E-state index contributed by atoms with van der Waals surface area (Å²) in [5.74, 6) is 1.16. The predicted octanol–water partition coefficient (Wildman–Crippen LogP) is 3.03. The molecule has 3 rings (SSSR count). The van der Waals surface area contributed by atoms with Crippen LogP contribution >= 0.6 is 0 Å². The summed E-state index contributed by atoms with van der Waals surface area (Å²) in [6.07, 6.45) is 4.28. The molecule has 0 radical (unpaired) electrons. The summed E-state index contributed by atoms with van der Waals surface area (Å²) in [5, 5.41) is -0.244. The molecule has 0 bridgehead atoms. The second kappa shape index (κ2) is 6.45. The van der Waals surface area contributed by atoms with Gasteiger partial charge in [0.1, 0.15) is 5.82 Å². The van der Waals surface area contributed by atoms with Gasteiger partial charge in [-0.15, -0.1) is 0 Å². The van der Waals surface area contributed by atoms with Gasteiger partial charge in [0.15, 0.2) is 0 Å². The molecule has 124 valence electrons. The maximum Gasteiger partial charge on any atom is 0.217 e. The molecule has 2 aromatic rings. The number of hydrogen-bond acceptors (Lipinski definition) is 3. The van der Waals surface area contributed by atoms with E-state index in [1.165, 1.54) is 4.31 Å². The normalized spacial score (nSPS) is 21.9. The minimum atomic E-state index is -3.25. The molecule has 1 N–H and O–H groups in total. The van der Waals surface area contributed by atoms with Crippen LogP contribution in [0.5, 0.6) is 0 Å². The quantitative estimate of drug-likeness (QED) is 0.914. The van der Waals surface area contributed by atoms with E-state index in [0.29, 0.717) is 11.7 Å². The lowest BCUT2D eigenvalue weighted by Crippen LogP contribution is -2.34. The summed E-state index contributed by atoms with van der Waals surface area (Å²) >= 11 is 0. The van der Waals surface area contributed by atoms with Crippen molar-refractivity contribution in [3.05, 3.63) is 42.4 Å². The molecule has 1 aliphatic carbocycles. The van der Waals surface area contributed by atoms with Gasteiger partial charge in [-0.3, -0.25) is 0 Å². The SMILES string of the molecule is CC1CCC(S(=O)(=O)N(C)Cc2ncc(-c3ccccc3)[nH]2)C1. The lowest BCUT2D eigenvalue weighted by atomic mass is 10.1. The number of hydrogen-bond donors (Lipinski definition) is 1. The zero-order valence-electron chi connectivity index (χ0n) is 13.6. The van der Waals surface area contributed by atoms with E-state index in [4.69, 9.17) is 0 Å². The molecule has 23 heavy (non-hydrogen) atoms. The molecule has 2 unspecified atom stereocenters. The van der Waals surface area contributed by atoms with E-state index in [-0.39, 0.29) is 11.8 Å². The summed E-state index contributed by atoms with van der Waals surface area (Å²) in [4.78, 5) is 7.54. The third-order valence-corrected chi connectivity index (χ3v) is 6.86. The van der Waals surface area contributed by atoms with E-state index in [0.717, 1.165) is 30.5 Å². The van der Waals surface area contributed by atoms with Crippen LogP contribution in [0.1, 0.15) is 32.0 Å². The zero-order chi connectivity index (χ0) is 16.4. The molecule has 1 aliphatic rings. The molecule has 2 atom stereocenters. The molecule has 0 aliphatic heterocycles. The van der Waals surface area contributed by atoms with E-state index in [9.17, 15) is 8.42 Å². The van der Waals surface area contributed by atoms with Gasteiger partial charge in [0.2, 0.25) is 10.0 Å². The van der Waals surface area contributed by atoms with E-state index in [2.05, 4.69) is 16.9 Å².